The molecule has 0 saturated heterocycles. The van der Waals surface area contributed by atoms with Crippen molar-refractivity contribution in [2.45, 2.75) is 19.8 Å². The molecule has 0 aliphatic rings. The van der Waals surface area contributed by atoms with E-state index >= 15 is 0 Å². The molecule has 0 aliphatic heterocycles. The molecule has 0 saturated carbocycles. The number of nitrogens with two attached hydrogens (primary N) is 1. The van der Waals surface area contributed by atoms with E-state index in [0.29, 0.717) is 18.9 Å². The molecule has 0 aliphatic carbocycles. The highest BCUT2D eigenvalue weighted by Crippen LogP contribution is 2.22. The summed E-state index contributed by atoms with van der Waals surface area (Å²) in [4.78, 5) is 0. The van der Waals surface area contributed by atoms with Crippen LogP contribution in [0.4, 0.5) is 5.69 Å². The predicted octanol–water partition coefficient (Wildman–Crippen LogP) is 3.68. The lowest BCUT2D eigenvalue weighted by molar-refractivity contribution is 0.248. The Morgan fingerprint density at radius 3 is 2.40 bits per heavy atom. The van der Waals surface area contributed by atoms with E-state index in [1.54, 1.807) is 0 Å². The van der Waals surface area contributed by atoms with Crippen molar-refractivity contribution in [3.63, 3.8) is 0 Å². The summed E-state index contributed by atoms with van der Waals surface area (Å²) < 4.78 is 11.3. The largest absolute Gasteiger partial charge is 0.493 e. The molecule has 2 N–H and O–H groups in total. The van der Waals surface area contributed by atoms with Gasteiger partial charge in [-0.15, -0.1) is 0 Å². The Morgan fingerprint density at radius 2 is 1.70 bits per heavy atom. The van der Waals surface area contributed by atoms with Gasteiger partial charge >= 0.3 is 0 Å². The molecule has 0 unspecified atom stereocenters. The molecule has 20 heavy (non-hydrogen) atoms. The van der Waals surface area contributed by atoms with Crippen molar-refractivity contribution in [1.82, 2.24) is 0 Å². The first-order valence-electron chi connectivity index (χ1n) is 6.98. The van der Waals surface area contributed by atoms with E-state index in [1.165, 1.54) is 5.56 Å². The Hall–Kier alpha value is -2.16. The van der Waals surface area contributed by atoms with Crippen LogP contribution in [-0.4, -0.2) is 13.2 Å². The van der Waals surface area contributed by atoms with Crippen molar-refractivity contribution in [3.05, 3.63) is 54.1 Å². The van der Waals surface area contributed by atoms with Crippen LogP contribution in [0.3, 0.4) is 0 Å². The summed E-state index contributed by atoms with van der Waals surface area (Å²) in [5.74, 6) is 1.64. The number of rotatable bonds is 7. The molecule has 2 rings (SSSR count). The monoisotopic (exact) mass is 271 g/mol. The average Bonchev–Trinajstić information content (AvgIpc) is 2.49. The first-order chi connectivity index (χ1) is 9.79. The topological polar surface area (TPSA) is 44.5 Å². The Bertz CT molecular complexity index is 526. The van der Waals surface area contributed by atoms with E-state index in [-0.39, 0.29) is 0 Å². The van der Waals surface area contributed by atoms with Crippen molar-refractivity contribution in [2.75, 3.05) is 18.9 Å². The smallest absolute Gasteiger partial charge is 0.142 e. The van der Waals surface area contributed by atoms with Crippen molar-refractivity contribution in [1.29, 1.82) is 0 Å². The Balaban J connectivity index is 1.71. The van der Waals surface area contributed by atoms with Gasteiger partial charge in [0.25, 0.3) is 0 Å². The second-order valence-electron chi connectivity index (χ2n) is 4.59. The molecule has 0 amide bonds. The fourth-order valence-corrected chi connectivity index (χ4v) is 1.90. The summed E-state index contributed by atoms with van der Waals surface area (Å²) in [6.45, 7) is 3.34. The van der Waals surface area contributed by atoms with Gasteiger partial charge in [0, 0.05) is 6.42 Å². The molecule has 3 heteroatoms. The molecular formula is C17H21NO2. The van der Waals surface area contributed by atoms with E-state index in [0.717, 1.165) is 24.3 Å². The van der Waals surface area contributed by atoms with Crippen LogP contribution in [0.1, 0.15) is 18.9 Å². The molecule has 2 aromatic rings. The number of anilines is 1. The zero-order chi connectivity index (χ0) is 14.2. The third-order valence-electron chi connectivity index (χ3n) is 3.04. The van der Waals surface area contributed by atoms with Crippen LogP contribution >= 0.6 is 0 Å². The molecule has 0 atom stereocenters. The zero-order valence-corrected chi connectivity index (χ0v) is 11.8. The summed E-state index contributed by atoms with van der Waals surface area (Å²) in [6.07, 6.45) is 1.80. The molecule has 0 heterocycles. The van der Waals surface area contributed by atoms with E-state index in [2.05, 4.69) is 6.92 Å². The number of hydrogen-bond donors (Lipinski definition) is 1. The zero-order valence-electron chi connectivity index (χ0n) is 11.8. The maximum Gasteiger partial charge on any atom is 0.142 e. The SMILES string of the molecule is CCc1ccc(OCCCOc2ccccc2)c(N)c1. The fraction of sp³-hybridized carbons (Fsp3) is 0.294. The van der Waals surface area contributed by atoms with Crippen molar-refractivity contribution in [2.24, 2.45) is 0 Å². The van der Waals surface area contributed by atoms with Crippen LogP contribution in [-0.2, 0) is 6.42 Å². The summed E-state index contributed by atoms with van der Waals surface area (Å²) in [5, 5.41) is 0. The molecule has 106 valence electrons. The highest BCUT2D eigenvalue weighted by Gasteiger charge is 2.01. The summed E-state index contributed by atoms with van der Waals surface area (Å²) in [7, 11) is 0. The van der Waals surface area contributed by atoms with Gasteiger partial charge in [0.1, 0.15) is 11.5 Å². The normalized spacial score (nSPS) is 10.2. The Morgan fingerprint density at radius 1 is 0.950 bits per heavy atom. The summed E-state index contributed by atoms with van der Waals surface area (Å²) >= 11 is 0. The molecule has 0 bridgehead atoms. The maximum atomic E-state index is 5.95. The minimum Gasteiger partial charge on any atom is -0.493 e. The standard InChI is InChI=1S/C17H21NO2/c1-2-14-9-10-17(16(18)13-14)20-12-6-11-19-15-7-4-3-5-8-15/h3-5,7-10,13H,2,6,11-12,18H2,1H3. The molecule has 2 aromatic carbocycles. The van der Waals surface area contributed by atoms with Crippen LogP contribution < -0.4 is 15.2 Å². The lowest BCUT2D eigenvalue weighted by Gasteiger charge is -2.10. The summed E-state index contributed by atoms with van der Waals surface area (Å²) in [6, 6.07) is 15.7. The van der Waals surface area contributed by atoms with Crippen LogP contribution in [0.15, 0.2) is 48.5 Å². The van der Waals surface area contributed by atoms with Gasteiger partial charge in [-0.2, -0.15) is 0 Å². The van der Waals surface area contributed by atoms with Crippen LogP contribution in [0.2, 0.25) is 0 Å². The van der Waals surface area contributed by atoms with Crippen LogP contribution in [0.5, 0.6) is 11.5 Å². The number of aryl methyl sites for hydroxylation is 1. The number of benzene rings is 2. The predicted molar refractivity (Wildman–Crippen MR) is 82.3 cm³/mol. The maximum absolute atomic E-state index is 5.95. The first-order valence-corrected chi connectivity index (χ1v) is 6.98. The molecular weight excluding hydrogens is 250 g/mol. The molecule has 3 nitrogen and oxygen atoms in total. The van der Waals surface area contributed by atoms with Gasteiger partial charge in [0.15, 0.2) is 0 Å². The third-order valence-corrected chi connectivity index (χ3v) is 3.04. The van der Waals surface area contributed by atoms with Gasteiger partial charge in [-0.05, 0) is 36.2 Å². The molecule has 0 fully saturated rings. The second-order valence-corrected chi connectivity index (χ2v) is 4.59. The number of ether oxygens (including phenoxy) is 2. The van der Waals surface area contributed by atoms with Gasteiger partial charge in [0.05, 0.1) is 18.9 Å². The van der Waals surface area contributed by atoms with Crippen molar-refractivity contribution < 1.29 is 9.47 Å². The van der Waals surface area contributed by atoms with Gasteiger partial charge in [0.2, 0.25) is 0 Å². The number of para-hydroxylation sites is 1. The lowest BCUT2D eigenvalue weighted by atomic mass is 10.1. The Labute approximate surface area is 120 Å². The minimum atomic E-state index is 0.600. The van der Waals surface area contributed by atoms with Crippen LogP contribution in [0, 0.1) is 0 Å². The van der Waals surface area contributed by atoms with E-state index < -0.39 is 0 Å². The van der Waals surface area contributed by atoms with Gasteiger partial charge in [-0.25, -0.2) is 0 Å². The third kappa shape index (κ3) is 4.19. The highest BCUT2D eigenvalue weighted by atomic mass is 16.5. The number of nitrogen functional groups attached to an aromatic ring is 1. The quantitative estimate of drug-likeness (QED) is 0.617. The first kappa shape index (κ1) is 14.3. The van der Waals surface area contributed by atoms with Gasteiger partial charge in [-0.3, -0.25) is 0 Å². The van der Waals surface area contributed by atoms with Crippen LogP contribution in [0.25, 0.3) is 0 Å². The average molecular weight is 271 g/mol. The second kappa shape index (κ2) is 7.43. The molecule has 0 aromatic heterocycles. The van der Waals surface area contributed by atoms with E-state index in [1.807, 2.05) is 48.5 Å². The van der Waals surface area contributed by atoms with Crippen molar-refractivity contribution in [3.8, 4) is 11.5 Å². The van der Waals surface area contributed by atoms with Gasteiger partial charge in [-0.1, -0.05) is 31.2 Å². The molecule has 0 radical (unpaired) electrons. The molecule has 0 spiro atoms. The highest BCUT2D eigenvalue weighted by molar-refractivity contribution is 5.54. The van der Waals surface area contributed by atoms with Gasteiger partial charge < -0.3 is 15.2 Å². The fourth-order valence-electron chi connectivity index (χ4n) is 1.90. The summed E-state index contributed by atoms with van der Waals surface area (Å²) in [5.41, 5.74) is 7.87. The van der Waals surface area contributed by atoms with E-state index in [9.17, 15) is 0 Å². The Kier molecular flexibility index (Phi) is 5.30. The van der Waals surface area contributed by atoms with Crippen molar-refractivity contribution >= 4 is 5.69 Å². The minimum absolute atomic E-state index is 0.600. The van der Waals surface area contributed by atoms with E-state index in [4.69, 9.17) is 15.2 Å². The number of hydrogen-bond acceptors (Lipinski definition) is 3. The lowest BCUT2D eigenvalue weighted by Crippen LogP contribution is -2.06.